The lowest BCUT2D eigenvalue weighted by Crippen LogP contribution is -2.25. The molecule has 1 N–H and O–H groups in total. The van der Waals surface area contributed by atoms with Crippen molar-refractivity contribution in [1.29, 1.82) is 0 Å². The highest BCUT2D eigenvalue weighted by Crippen LogP contribution is 2.40. The summed E-state index contributed by atoms with van der Waals surface area (Å²) in [7, 11) is 0. The maximum atomic E-state index is 10.7. The highest BCUT2D eigenvalue weighted by Gasteiger charge is 2.31. The van der Waals surface area contributed by atoms with E-state index in [-0.39, 0.29) is 11.0 Å². The minimum atomic E-state index is -0.194. The van der Waals surface area contributed by atoms with Gasteiger partial charge in [-0.25, -0.2) is 0 Å². The molecule has 0 bridgehead atoms. The van der Waals surface area contributed by atoms with E-state index in [1.807, 2.05) is 16.8 Å². The lowest BCUT2D eigenvalue weighted by atomic mass is 9.91. The average molecular weight is 286 g/mol. The fourth-order valence-corrected chi connectivity index (χ4v) is 2.37. The molecule has 1 heterocycles. The zero-order valence-electron chi connectivity index (χ0n) is 14.2. The molecule has 1 aromatic carbocycles. The van der Waals surface area contributed by atoms with Gasteiger partial charge in [0.1, 0.15) is 11.4 Å². The molecular weight excluding hydrogens is 260 g/mol. The third-order valence-corrected chi connectivity index (χ3v) is 3.53. The Morgan fingerprint density at radius 3 is 1.90 bits per heavy atom. The molecule has 114 valence electrons. The summed E-state index contributed by atoms with van der Waals surface area (Å²) in [6, 6.07) is 8.21. The second-order valence-electron chi connectivity index (χ2n) is 7.74. The molecule has 3 nitrogen and oxygen atoms in total. The molecule has 0 atom stereocenters. The highest BCUT2D eigenvalue weighted by molar-refractivity contribution is 5.69. The molecule has 0 amide bonds. The maximum absolute atomic E-state index is 10.7. The van der Waals surface area contributed by atoms with Gasteiger partial charge in [-0.05, 0) is 27.7 Å². The largest absolute Gasteiger partial charge is 0.504 e. The van der Waals surface area contributed by atoms with E-state index in [1.165, 1.54) is 5.56 Å². The summed E-state index contributed by atoms with van der Waals surface area (Å²) in [5.41, 5.74) is 3.36. The Morgan fingerprint density at radius 1 is 0.952 bits per heavy atom. The van der Waals surface area contributed by atoms with Crippen LogP contribution in [0.2, 0.25) is 0 Å². The van der Waals surface area contributed by atoms with Gasteiger partial charge >= 0.3 is 0 Å². The number of benzene rings is 1. The Kier molecular flexibility index (Phi) is 3.64. The number of nitrogens with zero attached hydrogens (tertiary/aromatic N) is 2. The van der Waals surface area contributed by atoms with Gasteiger partial charge in [-0.3, -0.25) is 4.68 Å². The van der Waals surface area contributed by atoms with Crippen molar-refractivity contribution in [3.63, 3.8) is 0 Å². The first kappa shape index (κ1) is 15.6. The minimum absolute atomic E-state index is 0.193. The van der Waals surface area contributed by atoms with Crippen molar-refractivity contribution in [2.75, 3.05) is 0 Å². The smallest absolute Gasteiger partial charge is 0.165 e. The SMILES string of the molecule is Cc1ccc(-c2c(O)c(C(C)(C)C)nn2C(C)(C)C)cc1. The van der Waals surface area contributed by atoms with Crippen molar-refractivity contribution in [3.8, 4) is 17.0 Å². The Labute approximate surface area is 127 Å². The van der Waals surface area contributed by atoms with Crippen LogP contribution in [0.1, 0.15) is 52.8 Å². The van der Waals surface area contributed by atoms with Gasteiger partial charge in [0.15, 0.2) is 5.75 Å². The summed E-state index contributed by atoms with van der Waals surface area (Å²) >= 11 is 0. The summed E-state index contributed by atoms with van der Waals surface area (Å²) in [5.74, 6) is 0.293. The van der Waals surface area contributed by atoms with Gasteiger partial charge in [0.05, 0.1) is 5.54 Å². The summed E-state index contributed by atoms with van der Waals surface area (Å²) in [5, 5.41) is 15.5. The van der Waals surface area contributed by atoms with Gasteiger partial charge in [0, 0.05) is 11.0 Å². The van der Waals surface area contributed by atoms with E-state index in [0.717, 1.165) is 17.0 Å². The van der Waals surface area contributed by atoms with E-state index >= 15 is 0 Å². The molecule has 21 heavy (non-hydrogen) atoms. The number of aryl methyl sites for hydroxylation is 1. The quantitative estimate of drug-likeness (QED) is 0.831. The van der Waals surface area contributed by atoms with Gasteiger partial charge in [-0.15, -0.1) is 0 Å². The monoisotopic (exact) mass is 286 g/mol. The van der Waals surface area contributed by atoms with Crippen molar-refractivity contribution < 1.29 is 5.11 Å². The van der Waals surface area contributed by atoms with Crippen LogP contribution >= 0.6 is 0 Å². The van der Waals surface area contributed by atoms with E-state index in [9.17, 15) is 5.11 Å². The lowest BCUT2D eigenvalue weighted by molar-refractivity contribution is 0.352. The second kappa shape index (κ2) is 4.90. The van der Waals surface area contributed by atoms with Crippen molar-refractivity contribution in [2.45, 2.75) is 59.4 Å². The molecule has 0 saturated carbocycles. The zero-order chi connectivity index (χ0) is 16.0. The zero-order valence-corrected chi connectivity index (χ0v) is 14.2. The lowest BCUT2D eigenvalue weighted by Gasteiger charge is -2.22. The molecule has 0 unspecified atom stereocenters. The van der Waals surface area contributed by atoms with Crippen molar-refractivity contribution in [3.05, 3.63) is 35.5 Å². The molecule has 0 fully saturated rings. The molecule has 1 aromatic heterocycles. The first-order valence-electron chi connectivity index (χ1n) is 7.42. The summed E-state index contributed by atoms with van der Waals surface area (Å²) in [6.07, 6.45) is 0. The average Bonchev–Trinajstić information content (AvgIpc) is 2.67. The first-order valence-corrected chi connectivity index (χ1v) is 7.42. The van der Waals surface area contributed by atoms with Crippen LogP contribution < -0.4 is 0 Å². The second-order valence-corrected chi connectivity index (χ2v) is 7.74. The molecular formula is C18H26N2O. The number of rotatable bonds is 1. The first-order chi connectivity index (χ1) is 9.51. The normalized spacial score (nSPS) is 12.7. The van der Waals surface area contributed by atoms with E-state index < -0.39 is 0 Å². The number of aromatic hydroxyl groups is 1. The summed E-state index contributed by atoms with van der Waals surface area (Å²) < 4.78 is 1.94. The van der Waals surface area contributed by atoms with Crippen LogP contribution in [0.15, 0.2) is 24.3 Å². The molecule has 2 aromatic rings. The van der Waals surface area contributed by atoms with Gasteiger partial charge in [0.2, 0.25) is 0 Å². The number of hydrogen-bond donors (Lipinski definition) is 1. The van der Waals surface area contributed by atoms with Crippen molar-refractivity contribution in [2.24, 2.45) is 0 Å². The molecule has 0 radical (unpaired) electrons. The van der Waals surface area contributed by atoms with Gasteiger partial charge in [0.25, 0.3) is 0 Å². The fraction of sp³-hybridized carbons (Fsp3) is 0.500. The number of aromatic nitrogens is 2. The van der Waals surface area contributed by atoms with Gasteiger partial charge in [-0.1, -0.05) is 50.6 Å². The predicted octanol–water partition coefficient (Wildman–Crippen LogP) is 4.62. The molecule has 2 rings (SSSR count). The molecule has 3 heteroatoms. The standard InChI is InChI=1S/C18H26N2O/c1-12-8-10-13(11-9-12)14-15(21)16(17(2,3)4)19-20(14)18(5,6)7/h8-11,21H,1-7H3. The maximum Gasteiger partial charge on any atom is 0.165 e. The molecule has 0 aliphatic carbocycles. The number of hydrogen-bond acceptors (Lipinski definition) is 2. The van der Waals surface area contributed by atoms with Crippen molar-refractivity contribution >= 4 is 0 Å². The molecule has 0 spiro atoms. The topological polar surface area (TPSA) is 38.1 Å². The van der Waals surface area contributed by atoms with Crippen molar-refractivity contribution in [1.82, 2.24) is 9.78 Å². The van der Waals surface area contributed by atoms with Gasteiger partial charge in [-0.2, -0.15) is 5.10 Å². The van der Waals surface area contributed by atoms with Gasteiger partial charge < -0.3 is 5.11 Å². The Morgan fingerprint density at radius 2 is 1.48 bits per heavy atom. The van der Waals surface area contributed by atoms with E-state index in [2.05, 4.69) is 60.6 Å². The minimum Gasteiger partial charge on any atom is -0.504 e. The van der Waals surface area contributed by atoms with Crippen LogP contribution in [0.25, 0.3) is 11.3 Å². The Hall–Kier alpha value is -1.77. The molecule has 0 aliphatic heterocycles. The van der Waals surface area contributed by atoms with Crippen LogP contribution in [0.3, 0.4) is 0 Å². The third-order valence-electron chi connectivity index (χ3n) is 3.53. The fourth-order valence-electron chi connectivity index (χ4n) is 2.37. The van der Waals surface area contributed by atoms with Crippen LogP contribution in [0, 0.1) is 6.92 Å². The third kappa shape index (κ3) is 2.97. The van der Waals surface area contributed by atoms with E-state index in [4.69, 9.17) is 5.10 Å². The molecule has 0 saturated heterocycles. The Bertz CT molecular complexity index is 638. The van der Waals surface area contributed by atoms with Crippen LogP contribution in [-0.2, 0) is 11.0 Å². The summed E-state index contributed by atoms with van der Waals surface area (Å²) in [6.45, 7) is 14.6. The summed E-state index contributed by atoms with van der Waals surface area (Å²) in [4.78, 5) is 0. The highest BCUT2D eigenvalue weighted by atomic mass is 16.3. The van der Waals surface area contributed by atoms with Crippen LogP contribution in [0.4, 0.5) is 0 Å². The predicted molar refractivity (Wildman–Crippen MR) is 87.8 cm³/mol. The Balaban J connectivity index is 2.74. The van der Waals surface area contributed by atoms with Crippen LogP contribution in [0.5, 0.6) is 5.75 Å². The van der Waals surface area contributed by atoms with E-state index in [0.29, 0.717) is 5.75 Å². The van der Waals surface area contributed by atoms with Crippen LogP contribution in [-0.4, -0.2) is 14.9 Å². The molecule has 0 aliphatic rings. The van der Waals surface area contributed by atoms with E-state index in [1.54, 1.807) is 0 Å².